The molecule has 102 valence electrons. The average molecular weight is 270 g/mol. The highest BCUT2D eigenvalue weighted by Gasteiger charge is 2.03. The number of ether oxygens (including phenoxy) is 1. The highest BCUT2D eigenvalue weighted by atomic mass is 19.1. The molecule has 0 heterocycles. The zero-order valence-corrected chi connectivity index (χ0v) is 11.2. The van der Waals surface area contributed by atoms with Crippen molar-refractivity contribution in [1.29, 1.82) is 0 Å². The predicted octanol–water partition coefficient (Wildman–Crippen LogP) is 4.07. The summed E-state index contributed by atoms with van der Waals surface area (Å²) >= 11 is 0. The lowest BCUT2D eigenvalue weighted by atomic mass is 10.0. The Kier molecular flexibility index (Phi) is 4.66. The van der Waals surface area contributed by atoms with Crippen molar-refractivity contribution in [3.05, 3.63) is 66.0 Å². The molecule has 0 amide bonds. The molecule has 0 saturated carbocycles. The van der Waals surface area contributed by atoms with Gasteiger partial charge in [-0.3, -0.25) is 0 Å². The van der Waals surface area contributed by atoms with E-state index in [1.807, 2.05) is 24.3 Å². The average Bonchev–Trinajstić information content (AvgIpc) is 2.47. The standard InChI is InChI=1S/C17H15FO2/c1-2-20-17(19)12-9-13-7-10-14(11-8-13)15-5-3-4-6-16(15)18/h3-12H,2H2,1H3/b12-9+. The van der Waals surface area contributed by atoms with Gasteiger partial charge in [0.05, 0.1) is 6.61 Å². The van der Waals surface area contributed by atoms with Crippen LogP contribution in [-0.2, 0) is 9.53 Å². The molecule has 2 nitrogen and oxygen atoms in total. The first-order chi connectivity index (χ1) is 9.70. The molecule has 0 atom stereocenters. The van der Waals surface area contributed by atoms with Crippen molar-refractivity contribution in [3.8, 4) is 11.1 Å². The summed E-state index contributed by atoms with van der Waals surface area (Å²) in [6.45, 7) is 2.12. The molecule has 0 aliphatic carbocycles. The van der Waals surface area contributed by atoms with Gasteiger partial charge in [-0.05, 0) is 30.2 Å². The molecule has 0 N–H and O–H groups in total. The molecule has 2 aromatic rings. The molecular formula is C17H15FO2. The Morgan fingerprint density at radius 1 is 1.15 bits per heavy atom. The van der Waals surface area contributed by atoms with Crippen LogP contribution in [0.25, 0.3) is 17.2 Å². The minimum Gasteiger partial charge on any atom is -0.463 e. The molecule has 0 radical (unpaired) electrons. The van der Waals surface area contributed by atoms with Crippen molar-refractivity contribution < 1.29 is 13.9 Å². The van der Waals surface area contributed by atoms with E-state index in [0.29, 0.717) is 12.2 Å². The van der Waals surface area contributed by atoms with Crippen molar-refractivity contribution in [2.45, 2.75) is 6.92 Å². The molecular weight excluding hydrogens is 255 g/mol. The van der Waals surface area contributed by atoms with Crippen LogP contribution < -0.4 is 0 Å². The fourth-order valence-electron chi connectivity index (χ4n) is 1.82. The summed E-state index contributed by atoms with van der Waals surface area (Å²) in [4.78, 5) is 11.2. The van der Waals surface area contributed by atoms with Gasteiger partial charge in [0, 0.05) is 11.6 Å². The number of hydrogen-bond acceptors (Lipinski definition) is 2. The Hall–Kier alpha value is -2.42. The summed E-state index contributed by atoms with van der Waals surface area (Å²) in [5.41, 5.74) is 2.22. The van der Waals surface area contributed by atoms with E-state index in [0.717, 1.165) is 11.1 Å². The van der Waals surface area contributed by atoms with Crippen molar-refractivity contribution >= 4 is 12.0 Å². The van der Waals surface area contributed by atoms with E-state index in [4.69, 9.17) is 4.74 Å². The Bertz CT molecular complexity index is 615. The first kappa shape index (κ1) is 14.0. The summed E-state index contributed by atoms with van der Waals surface area (Å²) in [7, 11) is 0. The molecule has 2 rings (SSSR count). The molecule has 0 saturated heterocycles. The monoisotopic (exact) mass is 270 g/mol. The third kappa shape index (κ3) is 3.54. The van der Waals surface area contributed by atoms with E-state index >= 15 is 0 Å². The lowest BCUT2D eigenvalue weighted by Gasteiger charge is -2.03. The number of carbonyl (C=O) groups is 1. The summed E-state index contributed by atoms with van der Waals surface area (Å²) in [5, 5.41) is 0. The van der Waals surface area contributed by atoms with Gasteiger partial charge in [-0.15, -0.1) is 0 Å². The number of hydrogen-bond donors (Lipinski definition) is 0. The zero-order valence-electron chi connectivity index (χ0n) is 11.2. The van der Waals surface area contributed by atoms with Crippen LogP contribution >= 0.6 is 0 Å². The molecule has 0 unspecified atom stereocenters. The molecule has 20 heavy (non-hydrogen) atoms. The largest absolute Gasteiger partial charge is 0.463 e. The fourth-order valence-corrected chi connectivity index (χ4v) is 1.82. The molecule has 3 heteroatoms. The van der Waals surface area contributed by atoms with E-state index in [1.165, 1.54) is 12.1 Å². The summed E-state index contributed by atoms with van der Waals surface area (Å²) in [5.74, 6) is -0.618. The second kappa shape index (κ2) is 6.66. The van der Waals surface area contributed by atoms with Gasteiger partial charge in [-0.25, -0.2) is 9.18 Å². The lowest BCUT2D eigenvalue weighted by Crippen LogP contribution is -1.98. The molecule has 0 bridgehead atoms. The molecule has 0 fully saturated rings. The van der Waals surface area contributed by atoms with E-state index in [9.17, 15) is 9.18 Å². The van der Waals surface area contributed by atoms with Crippen LogP contribution in [0.15, 0.2) is 54.6 Å². The van der Waals surface area contributed by atoms with Crippen LogP contribution in [0.4, 0.5) is 4.39 Å². The molecule has 0 aliphatic rings. The van der Waals surface area contributed by atoms with Crippen molar-refractivity contribution in [2.75, 3.05) is 6.61 Å². The Labute approximate surface area is 117 Å². The number of esters is 1. The normalized spacial score (nSPS) is 10.7. The van der Waals surface area contributed by atoms with Crippen LogP contribution in [-0.4, -0.2) is 12.6 Å². The Morgan fingerprint density at radius 3 is 2.50 bits per heavy atom. The first-order valence-electron chi connectivity index (χ1n) is 6.40. The van der Waals surface area contributed by atoms with Gasteiger partial charge in [-0.1, -0.05) is 42.5 Å². The molecule has 2 aromatic carbocycles. The zero-order chi connectivity index (χ0) is 14.4. The summed E-state index contributed by atoms with van der Waals surface area (Å²) in [6, 6.07) is 13.9. The maximum absolute atomic E-state index is 13.6. The van der Waals surface area contributed by atoms with Gasteiger partial charge in [0.25, 0.3) is 0 Å². The quantitative estimate of drug-likeness (QED) is 0.618. The predicted molar refractivity (Wildman–Crippen MR) is 77.5 cm³/mol. The third-order valence-corrected chi connectivity index (χ3v) is 2.79. The van der Waals surface area contributed by atoms with Gasteiger partial charge < -0.3 is 4.74 Å². The first-order valence-corrected chi connectivity index (χ1v) is 6.40. The highest BCUT2D eigenvalue weighted by Crippen LogP contribution is 2.22. The van der Waals surface area contributed by atoms with Crippen LogP contribution in [0.3, 0.4) is 0 Å². The SMILES string of the molecule is CCOC(=O)/C=C/c1ccc(-c2ccccc2F)cc1. The van der Waals surface area contributed by atoms with E-state index in [-0.39, 0.29) is 11.8 Å². The lowest BCUT2D eigenvalue weighted by molar-refractivity contribution is -0.137. The van der Waals surface area contributed by atoms with Gasteiger partial charge in [0.2, 0.25) is 0 Å². The van der Waals surface area contributed by atoms with E-state index < -0.39 is 0 Å². The van der Waals surface area contributed by atoms with Gasteiger partial charge >= 0.3 is 5.97 Å². The fraction of sp³-hybridized carbons (Fsp3) is 0.118. The van der Waals surface area contributed by atoms with E-state index in [2.05, 4.69) is 0 Å². The Morgan fingerprint density at radius 2 is 1.85 bits per heavy atom. The summed E-state index contributed by atoms with van der Waals surface area (Å²) < 4.78 is 18.4. The topological polar surface area (TPSA) is 26.3 Å². The van der Waals surface area contributed by atoms with Crippen LogP contribution in [0, 0.1) is 5.82 Å². The van der Waals surface area contributed by atoms with Crippen LogP contribution in [0.1, 0.15) is 12.5 Å². The van der Waals surface area contributed by atoms with Gasteiger partial charge in [-0.2, -0.15) is 0 Å². The minimum atomic E-state index is -0.370. The van der Waals surface area contributed by atoms with Crippen LogP contribution in [0.5, 0.6) is 0 Å². The summed E-state index contributed by atoms with van der Waals surface area (Å²) in [6.07, 6.45) is 3.05. The second-order valence-corrected chi connectivity index (χ2v) is 4.19. The number of carbonyl (C=O) groups excluding carboxylic acids is 1. The molecule has 0 aliphatic heterocycles. The minimum absolute atomic E-state index is 0.248. The number of benzene rings is 2. The van der Waals surface area contributed by atoms with Gasteiger partial charge in [0.1, 0.15) is 5.82 Å². The van der Waals surface area contributed by atoms with Gasteiger partial charge in [0.15, 0.2) is 0 Å². The van der Waals surface area contributed by atoms with Crippen molar-refractivity contribution in [1.82, 2.24) is 0 Å². The second-order valence-electron chi connectivity index (χ2n) is 4.19. The smallest absolute Gasteiger partial charge is 0.330 e. The molecule has 0 aromatic heterocycles. The number of rotatable bonds is 4. The maximum Gasteiger partial charge on any atom is 0.330 e. The highest BCUT2D eigenvalue weighted by molar-refractivity contribution is 5.87. The maximum atomic E-state index is 13.6. The Balaban J connectivity index is 2.15. The third-order valence-electron chi connectivity index (χ3n) is 2.79. The van der Waals surface area contributed by atoms with Crippen molar-refractivity contribution in [3.63, 3.8) is 0 Å². The van der Waals surface area contributed by atoms with Crippen molar-refractivity contribution in [2.24, 2.45) is 0 Å². The van der Waals surface area contributed by atoms with Crippen LogP contribution in [0.2, 0.25) is 0 Å². The number of halogens is 1. The van der Waals surface area contributed by atoms with E-state index in [1.54, 1.807) is 31.2 Å². The molecule has 0 spiro atoms.